The van der Waals surface area contributed by atoms with Crippen LogP contribution in [-0.4, -0.2) is 59.6 Å². The van der Waals surface area contributed by atoms with Crippen LogP contribution in [0.25, 0.3) is 0 Å². The van der Waals surface area contributed by atoms with Crippen LogP contribution in [0.4, 0.5) is 4.79 Å². The molecule has 1 aliphatic carbocycles. The van der Waals surface area contributed by atoms with E-state index in [2.05, 4.69) is 10.2 Å². The van der Waals surface area contributed by atoms with Gasteiger partial charge >= 0.3 is 12.0 Å². The molecule has 134 valence electrons. The number of ether oxygens (including phenoxy) is 1. The highest BCUT2D eigenvalue weighted by Gasteiger charge is 2.51. The average molecular weight is 337 g/mol. The molecule has 0 aromatic rings. The van der Waals surface area contributed by atoms with Crippen molar-refractivity contribution in [3.05, 3.63) is 0 Å². The normalized spacial score (nSPS) is 25.1. The van der Waals surface area contributed by atoms with Gasteiger partial charge in [-0.25, -0.2) is 9.69 Å². The average Bonchev–Trinajstić information content (AvgIpc) is 2.80. The molecule has 1 N–H and O–H groups in total. The van der Waals surface area contributed by atoms with Gasteiger partial charge in [0.25, 0.3) is 5.91 Å². The first kappa shape index (κ1) is 17.2. The van der Waals surface area contributed by atoms with Gasteiger partial charge in [0.05, 0.1) is 19.2 Å². The summed E-state index contributed by atoms with van der Waals surface area (Å²) in [6.45, 7) is 3.94. The number of nitrogens with one attached hydrogen (secondary N) is 1. The molecule has 3 rings (SSSR count). The Labute approximate surface area is 142 Å². The first-order valence-corrected chi connectivity index (χ1v) is 9.09. The number of piperidine rings is 1. The molecule has 2 heterocycles. The molecule has 1 saturated carbocycles. The Bertz CT molecular complexity index is 508. The van der Waals surface area contributed by atoms with Crippen molar-refractivity contribution in [3.8, 4) is 0 Å². The van der Waals surface area contributed by atoms with E-state index in [1.807, 2.05) is 6.92 Å². The van der Waals surface area contributed by atoms with Crippen LogP contribution < -0.4 is 5.32 Å². The zero-order valence-electron chi connectivity index (χ0n) is 14.4. The van der Waals surface area contributed by atoms with Gasteiger partial charge in [0, 0.05) is 13.1 Å². The largest absolute Gasteiger partial charge is 0.466 e. The van der Waals surface area contributed by atoms with Crippen LogP contribution in [0.1, 0.15) is 51.9 Å². The zero-order valence-corrected chi connectivity index (χ0v) is 14.4. The van der Waals surface area contributed by atoms with Crippen molar-refractivity contribution >= 4 is 17.9 Å². The molecule has 0 aromatic carbocycles. The number of hydrogen-bond donors (Lipinski definition) is 1. The van der Waals surface area contributed by atoms with E-state index in [9.17, 15) is 14.4 Å². The maximum absolute atomic E-state index is 12.8. The predicted octanol–water partition coefficient (Wildman–Crippen LogP) is 1.47. The second-order valence-electron chi connectivity index (χ2n) is 7.09. The van der Waals surface area contributed by atoms with E-state index in [0.29, 0.717) is 39.2 Å². The van der Waals surface area contributed by atoms with Crippen LogP contribution in [-0.2, 0) is 14.3 Å². The topological polar surface area (TPSA) is 79.0 Å². The number of rotatable bonds is 4. The van der Waals surface area contributed by atoms with Gasteiger partial charge in [-0.05, 0) is 32.6 Å². The Balaban J connectivity index is 1.54. The summed E-state index contributed by atoms with van der Waals surface area (Å²) in [7, 11) is 0. The minimum atomic E-state index is -0.654. The molecule has 2 aliphatic heterocycles. The lowest BCUT2D eigenvalue weighted by Gasteiger charge is -2.34. The zero-order chi connectivity index (χ0) is 17.2. The van der Waals surface area contributed by atoms with Crippen LogP contribution in [0.5, 0.6) is 0 Å². The molecule has 3 fully saturated rings. The van der Waals surface area contributed by atoms with Crippen molar-refractivity contribution in [1.29, 1.82) is 0 Å². The van der Waals surface area contributed by atoms with E-state index in [4.69, 9.17) is 4.74 Å². The molecule has 0 atom stereocenters. The molecule has 0 aromatic heterocycles. The number of hydrogen-bond acceptors (Lipinski definition) is 5. The Hall–Kier alpha value is -1.63. The van der Waals surface area contributed by atoms with Gasteiger partial charge in [-0.3, -0.25) is 14.5 Å². The van der Waals surface area contributed by atoms with Crippen LogP contribution in [0.15, 0.2) is 0 Å². The molecule has 7 heteroatoms. The summed E-state index contributed by atoms with van der Waals surface area (Å²) in [6, 6.07) is -0.269. The van der Waals surface area contributed by atoms with Gasteiger partial charge in [0.15, 0.2) is 0 Å². The quantitative estimate of drug-likeness (QED) is 0.621. The predicted molar refractivity (Wildman–Crippen MR) is 87.0 cm³/mol. The molecule has 0 radical (unpaired) electrons. The molecular formula is C17H27N3O4. The summed E-state index contributed by atoms with van der Waals surface area (Å²) in [6.07, 6.45) is 6.04. The number of carbonyl (C=O) groups excluding carboxylic acids is 3. The second-order valence-corrected chi connectivity index (χ2v) is 7.09. The SMILES string of the molecule is CCOC(=O)C1CCN(CN2C(=O)NC3(CCCCC3)C2=O)CC1. The van der Waals surface area contributed by atoms with Crippen molar-refractivity contribution in [2.24, 2.45) is 5.92 Å². The van der Waals surface area contributed by atoms with Gasteiger partial charge in [-0.15, -0.1) is 0 Å². The number of likely N-dealkylation sites (tertiary alicyclic amines) is 1. The third kappa shape index (κ3) is 3.27. The number of imide groups is 1. The second kappa shape index (κ2) is 7.09. The van der Waals surface area contributed by atoms with Gasteiger partial charge < -0.3 is 10.1 Å². The van der Waals surface area contributed by atoms with Crippen molar-refractivity contribution in [1.82, 2.24) is 15.1 Å². The summed E-state index contributed by atoms with van der Waals surface area (Å²) < 4.78 is 5.07. The Kier molecular flexibility index (Phi) is 5.08. The minimum absolute atomic E-state index is 0.0611. The Morgan fingerprint density at radius 1 is 1.21 bits per heavy atom. The first-order valence-electron chi connectivity index (χ1n) is 9.09. The summed E-state index contributed by atoms with van der Waals surface area (Å²) >= 11 is 0. The summed E-state index contributed by atoms with van der Waals surface area (Å²) in [4.78, 5) is 40.3. The van der Waals surface area contributed by atoms with Gasteiger partial charge in [-0.1, -0.05) is 19.3 Å². The molecule has 7 nitrogen and oxygen atoms in total. The van der Waals surface area contributed by atoms with Crippen LogP contribution >= 0.6 is 0 Å². The lowest BCUT2D eigenvalue weighted by Crippen LogP contribution is -2.49. The number of esters is 1. The monoisotopic (exact) mass is 337 g/mol. The standard InChI is InChI=1S/C17H27N3O4/c1-2-24-14(21)13-6-10-19(11-7-13)12-20-15(22)17(18-16(20)23)8-4-3-5-9-17/h13H,2-12H2,1H3,(H,18,23). The van der Waals surface area contributed by atoms with Crippen molar-refractivity contribution in [2.45, 2.75) is 57.4 Å². The van der Waals surface area contributed by atoms with E-state index in [0.717, 1.165) is 32.1 Å². The fourth-order valence-corrected chi connectivity index (χ4v) is 4.07. The first-order chi connectivity index (χ1) is 11.6. The van der Waals surface area contributed by atoms with E-state index < -0.39 is 5.54 Å². The maximum atomic E-state index is 12.8. The number of carbonyl (C=O) groups is 3. The summed E-state index contributed by atoms with van der Waals surface area (Å²) in [5.74, 6) is -0.262. The van der Waals surface area contributed by atoms with Crippen molar-refractivity contribution in [2.75, 3.05) is 26.4 Å². The fourth-order valence-electron chi connectivity index (χ4n) is 4.07. The highest BCUT2D eigenvalue weighted by Crippen LogP contribution is 2.34. The number of nitrogens with zero attached hydrogens (tertiary/aromatic N) is 2. The van der Waals surface area contributed by atoms with E-state index in [-0.39, 0.29) is 23.8 Å². The molecule has 3 aliphatic rings. The third-order valence-electron chi connectivity index (χ3n) is 5.50. The van der Waals surface area contributed by atoms with Crippen molar-refractivity contribution < 1.29 is 19.1 Å². The van der Waals surface area contributed by atoms with Crippen LogP contribution in [0.3, 0.4) is 0 Å². The molecule has 2 saturated heterocycles. The molecule has 0 unspecified atom stereocenters. The highest BCUT2D eigenvalue weighted by molar-refractivity contribution is 6.07. The van der Waals surface area contributed by atoms with Crippen molar-refractivity contribution in [3.63, 3.8) is 0 Å². The van der Waals surface area contributed by atoms with Crippen LogP contribution in [0.2, 0.25) is 0 Å². The Morgan fingerprint density at radius 2 is 1.88 bits per heavy atom. The molecule has 24 heavy (non-hydrogen) atoms. The van der Waals surface area contributed by atoms with E-state index in [1.165, 1.54) is 4.90 Å². The summed E-state index contributed by atoms with van der Waals surface area (Å²) in [5, 5.41) is 2.94. The lowest BCUT2D eigenvalue weighted by molar-refractivity contribution is -0.150. The molecule has 1 spiro atoms. The maximum Gasteiger partial charge on any atom is 0.326 e. The molecular weight excluding hydrogens is 310 g/mol. The fraction of sp³-hybridized carbons (Fsp3) is 0.824. The van der Waals surface area contributed by atoms with E-state index >= 15 is 0 Å². The highest BCUT2D eigenvalue weighted by atomic mass is 16.5. The minimum Gasteiger partial charge on any atom is -0.466 e. The number of urea groups is 1. The molecule has 0 bridgehead atoms. The lowest BCUT2D eigenvalue weighted by atomic mass is 9.82. The van der Waals surface area contributed by atoms with E-state index in [1.54, 1.807) is 0 Å². The molecule has 3 amide bonds. The third-order valence-corrected chi connectivity index (χ3v) is 5.50. The van der Waals surface area contributed by atoms with Gasteiger partial charge in [-0.2, -0.15) is 0 Å². The van der Waals surface area contributed by atoms with Gasteiger partial charge in [0.2, 0.25) is 0 Å². The number of amides is 3. The summed E-state index contributed by atoms with van der Waals surface area (Å²) in [5.41, 5.74) is -0.654. The van der Waals surface area contributed by atoms with Crippen LogP contribution in [0, 0.1) is 5.92 Å². The Morgan fingerprint density at radius 3 is 2.50 bits per heavy atom. The van der Waals surface area contributed by atoms with Gasteiger partial charge in [0.1, 0.15) is 5.54 Å². The smallest absolute Gasteiger partial charge is 0.326 e.